The highest BCUT2D eigenvalue weighted by Gasteiger charge is 2.26. The van der Waals surface area contributed by atoms with E-state index in [-0.39, 0.29) is 16.5 Å². The number of nitrogens with zero attached hydrogens (tertiary/aromatic N) is 2. The molecule has 18 heavy (non-hydrogen) atoms. The molecule has 7 heteroatoms. The molecule has 0 aliphatic carbocycles. The van der Waals surface area contributed by atoms with Gasteiger partial charge in [-0.1, -0.05) is 20.3 Å². The monoisotopic (exact) mass is 291 g/mol. The Hall–Kier alpha value is -0.820. The van der Waals surface area contributed by atoms with Crippen molar-refractivity contribution in [3.8, 4) is 0 Å². The minimum Gasteiger partial charge on any atom is -0.382 e. The van der Waals surface area contributed by atoms with E-state index in [1.807, 2.05) is 11.8 Å². The van der Waals surface area contributed by atoms with Gasteiger partial charge in [0.2, 0.25) is 0 Å². The predicted molar refractivity (Wildman–Crippen MR) is 77.0 cm³/mol. The predicted octanol–water partition coefficient (Wildman–Crippen LogP) is 2.15. The van der Waals surface area contributed by atoms with Crippen LogP contribution in [0.15, 0.2) is 4.90 Å². The van der Waals surface area contributed by atoms with Crippen LogP contribution in [0.2, 0.25) is 0 Å². The fraction of sp³-hybridized carbons (Fsp3) is 0.727. The molecule has 0 radical (unpaired) electrons. The van der Waals surface area contributed by atoms with Gasteiger partial charge in [0, 0.05) is 13.1 Å². The van der Waals surface area contributed by atoms with Gasteiger partial charge in [0.15, 0.2) is 15.7 Å². The summed E-state index contributed by atoms with van der Waals surface area (Å²) >= 11 is 1.17. The Morgan fingerprint density at radius 2 is 2.00 bits per heavy atom. The molecule has 0 aliphatic rings. The zero-order chi connectivity index (χ0) is 13.8. The van der Waals surface area contributed by atoms with Crippen LogP contribution in [0.5, 0.6) is 0 Å². The second kappa shape index (κ2) is 6.38. The number of aromatic nitrogens is 1. The molecule has 2 N–H and O–H groups in total. The van der Waals surface area contributed by atoms with Gasteiger partial charge in [-0.25, -0.2) is 8.42 Å². The fourth-order valence-electron chi connectivity index (χ4n) is 1.68. The van der Waals surface area contributed by atoms with Crippen LogP contribution in [0.25, 0.3) is 0 Å². The summed E-state index contributed by atoms with van der Waals surface area (Å²) in [6.07, 6.45) is 2.10. The van der Waals surface area contributed by atoms with E-state index in [0.29, 0.717) is 5.00 Å². The molecule has 1 aromatic rings. The van der Waals surface area contributed by atoms with Gasteiger partial charge in [-0.05, 0) is 24.9 Å². The quantitative estimate of drug-likeness (QED) is 0.833. The van der Waals surface area contributed by atoms with E-state index in [0.717, 1.165) is 25.9 Å². The maximum Gasteiger partial charge on any atom is 0.184 e. The number of sulfone groups is 1. The third-order valence-electron chi connectivity index (χ3n) is 2.80. The smallest absolute Gasteiger partial charge is 0.184 e. The van der Waals surface area contributed by atoms with Crippen LogP contribution in [0.3, 0.4) is 0 Å². The highest BCUT2D eigenvalue weighted by atomic mass is 32.2. The first-order chi connectivity index (χ1) is 8.47. The average Bonchev–Trinajstić information content (AvgIpc) is 2.73. The van der Waals surface area contributed by atoms with E-state index in [1.165, 1.54) is 11.5 Å². The molecule has 0 saturated heterocycles. The number of nitrogen functional groups attached to an aromatic ring is 1. The number of nitrogens with two attached hydrogens (primary N) is 1. The summed E-state index contributed by atoms with van der Waals surface area (Å²) in [7, 11) is -3.32. The van der Waals surface area contributed by atoms with Crippen molar-refractivity contribution >= 4 is 32.2 Å². The molecular weight excluding hydrogens is 270 g/mol. The van der Waals surface area contributed by atoms with Crippen LogP contribution in [-0.4, -0.2) is 31.6 Å². The van der Waals surface area contributed by atoms with Crippen LogP contribution in [0.1, 0.15) is 33.6 Å². The van der Waals surface area contributed by atoms with Crippen molar-refractivity contribution in [2.75, 3.05) is 29.5 Å². The van der Waals surface area contributed by atoms with Gasteiger partial charge in [0.25, 0.3) is 0 Å². The van der Waals surface area contributed by atoms with Crippen molar-refractivity contribution in [2.45, 2.75) is 38.5 Å². The fourth-order valence-corrected chi connectivity index (χ4v) is 4.07. The van der Waals surface area contributed by atoms with Crippen molar-refractivity contribution in [2.24, 2.45) is 0 Å². The second-order valence-corrected chi connectivity index (χ2v) is 7.01. The molecule has 0 atom stereocenters. The van der Waals surface area contributed by atoms with E-state index in [1.54, 1.807) is 6.92 Å². The summed E-state index contributed by atoms with van der Waals surface area (Å²) in [6, 6.07) is 0. The molecule has 0 saturated carbocycles. The maximum atomic E-state index is 12.1. The minimum atomic E-state index is -3.32. The maximum absolute atomic E-state index is 12.1. The third kappa shape index (κ3) is 3.14. The highest BCUT2D eigenvalue weighted by Crippen LogP contribution is 2.35. The minimum absolute atomic E-state index is 0.0495. The molecule has 0 aliphatic heterocycles. The standard InChI is InChI=1S/C11H21N3O2S2/c1-4-7-8-14(5-2)11-9(10(12)13-17-11)18(15,16)6-3/h4-8H2,1-3H3,(H2,12,13). The molecule has 1 heterocycles. The lowest BCUT2D eigenvalue weighted by Gasteiger charge is -2.21. The van der Waals surface area contributed by atoms with Crippen LogP contribution in [-0.2, 0) is 9.84 Å². The summed E-state index contributed by atoms with van der Waals surface area (Å²) in [5.74, 6) is 0.181. The lowest BCUT2D eigenvalue weighted by atomic mass is 10.3. The summed E-state index contributed by atoms with van der Waals surface area (Å²) < 4.78 is 28.1. The average molecular weight is 291 g/mol. The van der Waals surface area contributed by atoms with E-state index >= 15 is 0 Å². The van der Waals surface area contributed by atoms with E-state index in [4.69, 9.17) is 5.73 Å². The Kier molecular flexibility index (Phi) is 5.40. The zero-order valence-electron chi connectivity index (χ0n) is 11.1. The molecule has 0 spiro atoms. The number of hydrogen-bond donors (Lipinski definition) is 1. The van der Waals surface area contributed by atoms with Gasteiger partial charge in [-0.15, -0.1) is 0 Å². The first kappa shape index (κ1) is 15.2. The lowest BCUT2D eigenvalue weighted by molar-refractivity contribution is 0.597. The molecule has 1 aromatic heterocycles. The van der Waals surface area contributed by atoms with Gasteiger partial charge in [-0.2, -0.15) is 4.37 Å². The van der Waals surface area contributed by atoms with Crippen molar-refractivity contribution in [1.29, 1.82) is 0 Å². The largest absolute Gasteiger partial charge is 0.382 e. The Balaban J connectivity index is 3.17. The summed E-state index contributed by atoms with van der Waals surface area (Å²) in [6.45, 7) is 7.33. The Labute approximate surface area is 113 Å². The summed E-state index contributed by atoms with van der Waals surface area (Å²) in [5.41, 5.74) is 5.72. The molecule has 5 nitrogen and oxygen atoms in total. The van der Waals surface area contributed by atoms with Crippen LogP contribution in [0, 0.1) is 0 Å². The van der Waals surface area contributed by atoms with Crippen molar-refractivity contribution < 1.29 is 8.42 Å². The number of anilines is 2. The van der Waals surface area contributed by atoms with E-state index in [2.05, 4.69) is 11.3 Å². The number of rotatable bonds is 7. The van der Waals surface area contributed by atoms with Crippen LogP contribution in [0.4, 0.5) is 10.8 Å². The van der Waals surface area contributed by atoms with Crippen molar-refractivity contribution in [3.63, 3.8) is 0 Å². The Morgan fingerprint density at radius 3 is 2.50 bits per heavy atom. The molecular formula is C11H21N3O2S2. The first-order valence-electron chi connectivity index (χ1n) is 6.20. The van der Waals surface area contributed by atoms with E-state index in [9.17, 15) is 8.42 Å². The normalized spacial score (nSPS) is 11.7. The molecule has 104 valence electrons. The molecule has 1 rings (SSSR count). The van der Waals surface area contributed by atoms with Crippen LogP contribution >= 0.6 is 11.5 Å². The molecule has 0 aromatic carbocycles. The highest BCUT2D eigenvalue weighted by molar-refractivity contribution is 7.91. The van der Waals surface area contributed by atoms with Gasteiger partial charge in [-0.3, -0.25) is 0 Å². The molecule has 0 fully saturated rings. The van der Waals surface area contributed by atoms with Gasteiger partial charge in [0.05, 0.1) is 5.75 Å². The Morgan fingerprint density at radius 1 is 1.33 bits per heavy atom. The van der Waals surface area contributed by atoms with Gasteiger partial charge < -0.3 is 10.6 Å². The summed E-state index contributed by atoms with van der Waals surface area (Å²) in [5, 5.41) is 0.685. The molecule has 0 amide bonds. The van der Waals surface area contributed by atoms with Crippen molar-refractivity contribution in [3.05, 3.63) is 0 Å². The third-order valence-corrected chi connectivity index (χ3v) is 5.64. The SMILES string of the molecule is CCCCN(CC)c1snc(N)c1S(=O)(=O)CC. The Bertz CT molecular complexity index is 482. The van der Waals surface area contributed by atoms with E-state index < -0.39 is 9.84 Å². The van der Waals surface area contributed by atoms with Gasteiger partial charge >= 0.3 is 0 Å². The van der Waals surface area contributed by atoms with Crippen LogP contribution < -0.4 is 10.6 Å². The second-order valence-electron chi connectivity index (χ2n) is 4.04. The van der Waals surface area contributed by atoms with Crippen molar-refractivity contribution in [1.82, 2.24) is 4.37 Å². The topological polar surface area (TPSA) is 76.3 Å². The first-order valence-corrected chi connectivity index (χ1v) is 8.63. The zero-order valence-corrected chi connectivity index (χ0v) is 12.8. The summed E-state index contributed by atoms with van der Waals surface area (Å²) in [4.78, 5) is 2.26. The molecule has 0 bridgehead atoms. The lowest BCUT2D eigenvalue weighted by Crippen LogP contribution is -2.25. The number of unbranched alkanes of at least 4 members (excludes halogenated alkanes) is 1. The van der Waals surface area contributed by atoms with Gasteiger partial charge in [0.1, 0.15) is 9.90 Å². The molecule has 0 unspecified atom stereocenters. The number of hydrogen-bond acceptors (Lipinski definition) is 6.